The van der Waals surface area contributed by atoms with Crippen LogP contribution in [-0.4, -0.2) is 6.61 Å². The van der Waals surface area contributed by atoms with Gasteiger partial charge in [0.15, 0.2) is 0 Å². The first-order valence-corrected chi connectivity index (χ1v) is 5.64. The highest BCUT2D eigenvalue weighted by molar-refractivity contribution is 6.42. The second-order valence-electron chi connectivity index (χ2n) is 3.29. The van der Waals surface area contributed by atoms with Gasteiger partial charge in [-0.1, -0.05) is 35.3 Å². The van der Waals surface area contributed by atoms with Gasteiger partial charge in [-0.05, 0) is 18.6 Å². The average Bonchev–Trinajstić information content (AvgIpc) is 2.33. The zero-order valence-corrected chi connectivity index (χ0v) is 10.6. The van der Waals surface area contributed by atoms with Crippen LogP contribution in [0.25, 0.3) is 0 Å². The van der Waals surface area contributed by atoms with Crippen molar-refractivity contribution in [2.24, 2.45) is 0 Å². The summed E-state index contributed by atoms with van der Waals surface area (Å²) < 4.78 is 17.8. The van der Waals surface area contributed by atoms with Crippen molar-refractivity contribution in [2.45, 2.75) is 13.3 Å². The van der Waals surface area contributed by atoms with Gasteiger partial charge in [-0.3, -0.25) is 0 Å². The van der Waals surface area contributed by atoms with Crippen molar-refractivity contribution in [3.8, 4) is 6.07 Å². The molecule has 0 saturated heterocycles. The maximum atomic E-state index is 12.7. The number of nitriles is 1. The van der Waals surface area contributed by atoms with Crippen molar-refractivity contribution in [3.63, 3.8) is 0 Å². The molecule has 0 aromatic heterocycles. The number of ether oxygens (including phenoxy) is 1. The average molecular weight is 274 g/mol. The fraction of sp³-hybridized carbons (Fsp3) is 0.250. The summed E-state index contributed by atoms with van der Waals surface area (Å²) >= 11 is 11.8. The number of nitrogens with zero attached hydrogens (tertiary/aromatic N) is 1. The molecule has 0 spiro atoms. The summed E-state index contributed by atoms with van der Waals surface area (Å²) in [7, 11) is 0. The summed E-state index contributed by atoms with van der Waals surface area (Å²) in [5.41, 5.74) is 0.823. The summed E-state index contributed by atoms with van der Waals surface area (Å²) in [6, 6.07) is 6.66. The van der Waals surface area contributed by atoms with Gasteiger partial charge in [0.25, 0.3) is 0 Å². The summed E-state index contributed by atoms with van der Waals surface area (Å²) in [5, 5.41) is 9.24. The molecule has 0 aliphatic heterocycles. The number of allylic oxidation sites excluding steroid dienone is 2. The van der Waals surface area contributed by atoms with Crippen LogP contribution in [0.1, 0.15) is 12.5 Å². The molecule has 0 aliphatic rings. The standard InChI is InChI=1S/C12H10Cl2FNO/c1-8(11(15)7-16)17-6-5-9-3-2-4-10(13)12(9)14/h2-4H,5-6H2,1H3. The Morgan fingerprint density at radius 1 is 1.47 bits per heavy atom. The van der Waals surface area contributed by atoms with Crippen molar-refractivity contribution in [2.75, 3.05) is 6.61 Å². The fourth-order valence-corrected chi connectivity index (χ4v) is 1.61. The van der Waals surface area contributed by atoms with Crippen molar-refractivity contribution < 1.29 is 9.13 Å². The molecular weight excluding hydrogens is 264 g/mol. The summed E-state index contributed by atoms with van der Waals surface area (Å²) in [6.45, 7) is 1.64. The summed E-state index contributed by atoms with van der Waals surface area (Å²) in [5.74, 6) is -0.937. The highest BCUT2D eigenvalue weighted by Crippen LogP contribution is 2.25. The molecule has 0 saturated carbocycles. The Hall–Kier alpha value is -1.24. The first kappa shape index (κ1) is 13.8. The third kappa shape index (κ3) is 3.92. The Morgan fingerprint density at radius 3 is 2.82 bits per heavy atom. The van der Waals surface area contributed by atoms with Crippen LogP contribution in [0.15, 0.2) is 29.8 Å². The van der Waals surface area contributed by atoms with E-state index in [0.717, 1.165) is 5.56 Å². The molecule has 0 atom stereocenters. The van der Waals surface area contributed by atoms with Gasteiger partial charge in [-0.2, -0.15) is 9.65 Å². The van der Waals surface area contributed by atoms with Gasteiger partial charge in [-0.15, -0.1) is 0 Å². The Morgan fingerprint density at radius 2 is 2.18 bits per heavy atom. The molecule has 0 aliphatic carbocycles. The van der Waals surface area contributed by atoms with Crippen LogP contribution >= 0.6 is 23.2 Å². The van der Waals surface area contributed by atoms with E-state index in [2.05, 4.69) is 0 Å². The highest BCUT2D eigenvalue weighted by Gasteiger charge is 2.05. The molecule has 5 heteroatoms. The molecule has 1 aromatic rings. The van der Waals surface area contributed by atoms with E-state index in [1.165, 1.54) is 13.0 Å². The molecule has 1 aromatic carbocycles. The van der Waals surface area contributed by atoms with E-state index in [-0.39, 0.29) is 12.4 Å². The number of hydrogen-bond donors (Lipinski definition) is 0. The van der Waals surface area contributed by atoms with E-state index in [0.29, 0.717) is 16.5 Å². The molecule has 0 amide bonds. The minimum atomic E-state index is -0.915. The van der Waals surface area contributed by atoms with E-state index < -0.39 is 5.83 Å². The van der Waals surface area contributed by atoms with Gasteiger partial charge in [0, 0.05) is 6.42 Å². The summed E-state index contributed by atoms with van der Waals surface area (Å²) in [6.07, 6.45) is 0.495. The minimum Gasteiger partial charge on any atom is -0.494 e. The SMILES string of the molecule is CC(OCCc1cccc(Cl)c1Cl)=C(F)C#N. The van der Waals surface area contributed by atoms with E-state index in [1.807, 2.05) is 6.07 Å². The predicted molar refractivity (Wildman–Crippen MR) is 65.5 cm³/mol. The van der Waals surface area contributed by atoms with Crippen molar-refractivity contribution >= 4 is 23.2 Å². The molecule has 1 rings (SSSR count). The number of hydrogen-bond acceptors (Lipinski definition) is 2. The molecule has 2 nitrogen and oxygen atoms in total. The second-order valence-corrected chi connectivity index (χ2v) is 4.08. The topological polar surface area (TPSA) is 33.0 Å². The van der Waals surface area contributed by atoms with E-state index in [9.17, 15) is 4.39 Å². The van der Waals surface area contributed by atoms with Crippen LogP contribution in [0.3, 0.4) is 0 Å². The number of halogens is 3. The Labute approximate surface area is 109 Å². The molecule has 17 heavy (non-hydrogen) atoms. The predicted octanol–water partition coefficient (Wildman–Crippen LogP) is 4.28. The lowest BCUT2D eigenvalue weighted by atomic mass is 10.1. The maximum absolute atomic E-state index is 12.7. The first-order chi connectivity index (χ1) is 8.06. The molecule has 0 radical (unpaired) electrons. The Bertz CT molecular complexity index is 480. The normalized spacial score (nSPS) is 11.7. The molecule has 90 valence electrons. The molecule has 0 N–H and O–H groups in total. The van der Waals surface area contributed by atoms with Crippen LogP contribution < -0.4 is 0 Å². The van der Waals surface area contributed by atoms with Gasteiger partial charge in [0.05, 0.1) is 16.7 Å². The number of benzene rings is 1. The van der Waals surface area contributed by atoms with Crippen molar-refractivity contribution in [1.29, 1.82) is 5.26 Å². The second kappa shape index (κ2) is 6.48. The van der Waals surface area contributed by atoms with Crippen molar-refractivity contribution in [1.82, 2.24) is 0 Å². The molecule has 0 bridgehead atoms. The van der Waals surface area contributed by atoms with Gasteiger partial charge >= 0.3 is 0 Å². The first-order valence-electron chi connectivity index (χ1n) is 4.88. The molecule has 0 heterocycles. The number of rotatable bonds is 4. The fourth-order valence-electron chi connectivity index (χ4n) is 1.20. The van der Waals surface area contributed by atoms with Crippen LogP contribution in [0.2, 0.25) is 10.0 Å². The van der Waals surface area contributed by atoms with Crippen molar-refractivity contribution in [3.05, 3.63) is 45.4 Å². The van der Waals surface area contributed by atoms with E-state index >= 15 is 0 Å². The quantitative estimate of drug-likeness (QED) is 0.606. The van der Waals surface area contributed by atoms with Crippen LogP contribution in [0, 0.1) is 11.3 Å². The van der Waals surface area contributed by atoms with E-state index in [1.54, 1.807) is 12.1 Å². The third-order valence-corrected chi connectivity index (χ3v) is 2.99. The van der Waals surface area contributed by atoms with Gasteiger partial charge in [-0.25, -0.2) is 0 Å². The van der Waals surface area contributed by atoms with Gasteiger partial charge in [0.1, 0.15) is 11.8 Å². The Kier molecular flexibility index (Phi) is 5.27. The lowest BCUT2D eigenvalue weighted by molar-refractivity contribution is 0.209. The Balaban J connectivity index is 2.59. The molecular formula is C12H10Cl2FNO. The smallest absolute Gasteiger partial charge is 0.237 e. The lowest BCUT2D eigenvalue weighted by Crippen LogP contribution is -1.99. The lowest BCUT2D eigenvalue weighted by Gasteiger charge is -2.07. The maximum Gasteiger partial charge on any atom is 0.237 e. The summed E-state index contributed by atoms with van der Waals surface area (Å²) in [4.78, 5) is 0. The van der Waals surface area contributed by atoms with Gasteiger partial charge in [0.2, 0.25) is 5.83 Å². The minimum absolute atomic E-state index is 0.0225. The van der Waals surface area contributed by atoms with Crippen LogP contribution in [0.4, 0.5) is 4.39 Å². The largest absolute Gasteiger partial charge is 0.494 e. The third-order valence-electron chi connectivity index (χ3n) is 2.13. The zero-order valence-electron chi connectivity index (χ0n) is 9.14. The molecule has 0 unspecified atom stereocenters. The van der Waals surface area contributed by atoms with Crippen LogP contribution in [0.5, 0.6) is 0 Å². The molecule has 0 fully saturated rings. The highest BCUT2D eigenvalue weighted by atomic mass is 35.5. The zero-order chi connectivity index (χ0) is 12.8. The van der Waals surface area contributed by atoms with Gasteiger partial charge < -0.3 is 4.74 Å². The van der Waals surface area contributed by atoms with E-state index in [4.69, 9.17) is 33.2 Å². The van der Waals surface area contributed by atoms with Crippen LogP contribution in [-0.2, 0) is 11.2 Å². The monoisotopic (exact) mass is 273 g/mol.